The SMILES string of the molecule is CCCCCCCCCC/C=C\CCCCCCCCCCCCCC(=O)OC(COCCCCCCCCCCC)COC1OC(CO)C(O)C(O)C1O. The molecule has 6 atom stereocenters. The summed E-state index contributed by atoms with van der Waals surface area (Å²) < 4.78 is 22.8. The monoisotopic (exact) mass is 785 g/mol. The number of esters is 1. The molecular weight excluding hydrogens is 696 g/mol. The zero-order valence-corrected chi connectivity index (χ0v) is 35.7. The molecule has 0 aromatic rings. The van der Waals surface area contributed by atoms with Crippen molar-refractivity contribution in [2.75, 3.05) is 26.4 Å². The van der Waals surface area contributed by atoms with Gasteiger partial charge in [-0.1, -0.05) is 180 Å². The van der Waals surface area contributed by atoms with Crippen molar-refractivity contribution >= 4 is 5.97 Å². The largest absolute Gasteiger partial charge is 0.457 e. The standard InChI is InChI=1S/C46H88O9/c1-3-5-7-9-11-13-14-15-16-17-18-19-20-21-22-23-24-25-26-27-29-31-33-35-42(48)54-40(38-52-36-34-32-30-28-12-10-8-6-4-2)39-53-46-45(51)44(50)43(49)41(37-47)55-46/h17-18,40-41,43-47,49-51H,3-16,19-39H2,1-2H3/b18-17-. The molecule has 1 aliphatic heterocycles. The number of ether oxygens (including phenoxy) is 4. The van der Waals surface area contributed by atoms with E-state index in [1.54, 1.807) is 0 Å². The first-order valence-corrected chi connectivity index (χ1v) is 23.3. The van der Waals surface area contributed by atoms with E-state index in [9.17, 15) is 25.2 Å². The lowest BCUT2D eigenvalue weighted by atomic mass is 9.99. The average molecular weight is 785 g/mol. The third kappa shape index (κ3) is 29.8. The molecule has 0 saturated carbocycles. The molecule has 0 amide bonds. The van der Waals surface area contributed by atoms with E-state index in [1.807, 2.05) is 0 Å². The van der Waals surface area contributed by atoms with Crippen LogP contribution in [0.1, 0.15) is 213 Å². The fourth-order valence-electron chi connectivity index (χ4n) is 7.25. The highest BCUT2D eigenvalue weighted by atomic mass is 16.7. The normalized spacial score (nSPS) is 20.7. The summed E-state index contributed by atoms with van der Waals surface area (Å²) in [4.78, 5) is 12.8. The molecule has 1 saturated heterocycles. The van der Waals surface area contributed by atoms with Gasteiger partial charge in [0.15, 0.2) is 6.29 Å². The van der Waals surface area contributed by atoms with Crippen LogP contribution in [0.5, 0.6) is 0 Å². The molecular formula is C46H88O9. The zero-order valence-electron chi connectivity index (χ0n) is 35.7. The Labute approximate surface area is 337 Å². The molecule has 9 heteroatoms. The van der Waals surface area contributed by atoms with Gasteiger partial charge in [-0.25, -0.2) is 0 Å². The van der Waals surface area contributed by atoms with Gasteiger partial charge in [0.05, 0.1) is 19.8 Å². The second-order valence-electron chi connectivity index (χ2n) is 16.2. The van der Waals surface area contributed by atoms with Crippen LogP contribution in [-0.2, 0) is 23.7 Å². The van der Waals surface area contributed by atoms with Gasteiger partial charge in [-0.3, -0.25) is 4.79 Å². The first-order chi connectivity index (χ1) is 26.9. The third-order valence-electron chi connectivity index (χ3n) is 10.9. The highest BCUT2D eigenvalue weighted by Gasteiger charge is 2.44. The Balaban J connectivity index is 2.16. The number of unbranched alkanes of at least 4 members (excludes halogenated alkanes) is 27. The smallest absolute Gasteiger partial charge is 0.306 e. The van der Waals surface area contributed by atoms with Crippen molar-refractivity contribution in [1.82, 2.24) is 0 Å². The predicted molar refractivity (Wildman–Crippen MR) is 224 cm³/mol. The van der Waals surface area contributed by atoms with Crippen LogP contribution in [0, 0.1) is 0 Å². The molecule has 326 valence electrons. The molecule has 0 bridgehead atoms. The molecule has 4 N–H and O–H groups in total. The Morgan fingerprint density at radius 2 is 1.00 bits per heavy atom. The van der Waals surface area contributed by atoms with Crippen LogP contribution in [0.2, 0.25) is 0 Å². The molecule has 1 fully saturated rings. The molecule has 6 unspecified atom stereocenters. The summed E-state index contributed by atoms with van der Waals surface area (Å²) in [7, 11) is 0. The number of carbonyl (C=O) groups is 1. The lowest BCUT2D eigenvalue weighted by Crippen LogP contribution is -2.59. The van der Waals surface area contributed by atoms with Gasteiger partial charge < -0.3 is 39.4 Å². The molecule has 55 heavy (non-hydrogen) atoms. The summed E-state index contributed by atoms with van der Waals surface area (Å²) in [6.45, 7) is 4.57. The van der Waals surface area contributed by atoms with Crippen LogP contribution in [0.25, 0.3) is 0 Å². The molecule has 9 nitrogen and oxygen atoms in total. The molecule has 0 radical (unpaired) electrons. The van der Waals surface area contributed by atoms with E-state index >= 15 is 0 Å². The molecule has 1 rings (SSSR count). The maximum atomic E-state index is 12.8. The molecule has 0 aliphatic carbocycles. The van der Waals surface area contributed by atoms with Gasteiger partial charge in [0.1, 0.15) is 30.5 Å². The number of rotatable bonds is 40. The lowest BCUT2D eigenvalue weighted by molar-refractivity contribution is -0.305. The van der Waals surface area contributed by atoms with Crippen molar-refractivity contribution in [1.29, 1.82) is 0 Å². The van der Waals surface area contributed by atoms with E-state index in [-0.39, 0.29) is 19.2 Å². The summed E-state index contributed by atoms with van der Waals surface area (Å²) >= 11 is 0. The quantitative estimate of drug-likeness (QED) is 0.0272. The van der Waals surface area contributed by atoms with E-state index in [2.05, 4.69) is 26.0 Å². The number of aliphatic hydroxyl groups is 4. The van der Waals surface area contributed by atoms with E-state index in [0.29, 0.717) is 13.0 Å². The van der Waals surface area contributed by atoms with Crippen LogP contribution in [0.3, 0.4) is 0 Å². The van der Waals surface area contributed by atoms with Gasteiger partial charge >= 0.3 is 5.97 Å². The fourth-order valence-corrected chi connectivity index (χ4v) is 7.25. The maximum Gasteiger partial charge on any atom is 0.306 e. The van der Waals surface area contributed by atoms with Crippen LogP contribution in [0.4, 0.5) is 0 Å². The van der Waals surface area contributed by atoms with E-state index in [0.717, 1.165) is 32.1 Å². The Morgan fingerprint density at radius 1 is 0.564 bits per heavy atom. The molecule has 1 heterocycles. The number of hydrogen-bond acceptors (Lipinski definition) is 9. The van der Waals surface area contributed by atoms with Gasteiger partial charge in [-0.15, -0.1) is 0 Å². The van der Waals surface area contributed by atoms with Crippen LogP contribution in [0.15, 0.2) is 12.2 Å². The topological polar surface area (TPSA) is 135 Å². The Morgan fingerprint density at radius 3 is 1.47 bits per heavy atom. The third-order valence-corrected chi connectivity index (χ3v) is 10.9. The summed E-state index contributed by atoms with van der Waals surface area (Å²) in [6.07, 6.45) is 35.4. The van der Waals surface area contributed by atoms with Crippen LogP contribution < -0.4 is 0 Å². The van der Waals surface area contributed by atoms with Crippen molar-refractivity contribution in [3.05, 3.63) is 12.2 Å². The average Bonchev–Trinajstić information content (AvgIpc) is 3.18. The summed E-state index contributed by atoms with van der Waals surface area (Å²) in [5.74, 6) is -0.312. The van der Waals surface area contributed by atoms with Crippen LogP contribution in [-0.4, -0.2) is 89.6 Å². The highest BCUT2D eigenvalue weighted by molar-refractivity contribution is 5.69. The van der Waals surface area contributed by atoms with Gasteiger partial charge in [0.25, 0.3) is 0 Å². The highest BCUT2D eigenvalue weighted by Crippen LogP contribution is 2.23. The lowest BCUT2D eigenvalue weighted by Gasteiger charge is -2.39. The maximum absolute atomic E-state index is 12.8. The van der Waals surface area contributed by atoms with E-state index in [4.69, 9.17) is 18.9 Å². The Bertz CT molecular complexity index is 853. The molecule has 0 aromatic carbocycles. The first-order valence-electron chi connectivity index (χ1n) is 23.3. The number of allylic oxidation sites excluding steroid dienone is 2. The van der Waals surface area contributed by atoms with Crippen molar-refractivity contribution in [2.45, 2.75) is 250 Å². The molecule has 0 aromatic heterocycles. The van der Waals surface area contributed by atoms with E-state index < -0.39 is 43.4 Å². The summed E-state index contributed by atoms with van der Waals surface area (Å²) in [5.41, 5.74) is 0. The minimum Gasteiger partial charge on any atom is -0.457 e. The van der Waals surface area contributed by atoms with Crippen LogP contribution >= 0.6 is 0 Å². The Hall–Kier alpha value is -1.07. The second-order valence-corrected chi connectivity index (χ2v) is 16.2. The minimum absolute atomic E-state index is 0.108. The van der Waals surface area contributed by atoms with Crippen molar-refractivity contribution in [3.63, 3.8) is 0 Å². The number of carbonyl (C=O) groups excluding carboxylic acids is 1. The fraction of sp³-hybridized carbons (Fsp3) is 0.935. The van der Waals surface area contributed by atoms with Gasteiger partial charge in [-0.05, 0) is 38.5 Å². The second kappa shape index (κ2) is 38.4. The zero-order chi connectivity index (χ0) is 40.0. The van der Waals surface area contributed by atoms with Crippen molar-refractivity contribution < 1.29 is 44.2 Å². The van der Waals surface area contributed by atoms with E-state index in [1.165, 1.54) is 161 Å². The first kappa shape index (κ1) is 51.9. The van der Waals surface area contributed by atoms with Crippen molar-refractivity contribution in [3.8, 4) is 0 Å². The number of aliphatic hydroxyl groups excluding tert-OH is 4. The van der Waals surface area contributed by atoms with Crippen molar-refractivity contribution in [2.24, 2.45) is 0 Å². The molecule has 0 spiro atoms. The predicted octanol–water partition coefficient (Wildman–Crippen LogP) is 10.4. The van der Waals surface area contributed by atoms with Gasteiger partial charge in [0, 0.05) is 13.0 Å². The van der Waals surface area contributed by atoms with Gasteiger partial charge in [-0.2, -0.15) is 0 Å². The van der Waals surface area contributed by atoms with Gasteiger partial charge in [0.2, 0.25) is 0 Å². The summed E-state index contributed by atoms with van der Waals surface area (Å²) in [5, 5.41) is 40.0. The Kier molecular flexibility index (Phi) is 36.3. The molecule has 1 aliphatic rings. The number of hydrogen-bond donors (Lipinski definition) is 4. The summed E-state index contributed by atoms with van der Waals surface area (Å²) in [6, 6.07) is 0. The minimum atomic E-state index is -1.53.